The van der Waals surface area contributed by atoms with Gasteiger partial charge in [-0.05, 0) is 107 Å². The van der Waals surface area contributed by atoms with Crippen molar-refractivity contribution in [2.75, 3.05) is 0 Å². The molecule has 0 atom stereocenters. The summed E-state index contributed by atoms with van der Waals surface area (Å²) in [5.41, 5.74) is 9.08. The van der Waals surface area contributed by atoms with E-state index in [1.807, 2.05) is 0 Å². The number of hydrogen-bond donors (Lipinski definition) is 0. The highest BCUT2D eigenvalue weighted by Crippen LogP contribution is 2.60. The first-order chi connectivity index (χ1) is 20.0. The van der Waals surface area contributed by atoms with Crippen molar-refractivity contribution in [3.8, 4) is 22.6 Å². The van der Waals surface area contributed by atoms with E-state index in [0.717, 1.165) is 31.6 Å². The first kappa shape index (κ1) is 32.3. The van der Waals surface area contributed by atoms with Gasteiger partial charge in [0.15, 0.2) is 0 Å². The molecule has 224 valence electrons. The third-order valence-electron chi connectivity index (χ3n) is 8.19. The fraction of sp³-hybridized carbons (Fsp3) is 0.351. The quantitative estimate of drug-likeness (QED) is 0.162. The van der Waals surface area contributed by atoms with E-state index in [2.05, 4.69) is 172 Å². The average molecular weight is 735 g/mol. The molecule has 0 spiro atoms. The molecule has 1 aliphatic carbocycles. The summed E-state index contributed by atoms with van der Waals surface area (Å²) < 4.78 is 15.9. The van der Waals surface area contributed by atoms with Gasteiger partial charge in [-0.15, -0.1) is 0 Å². The molecule has 0 fully saturated rings. The fourth-order valence-corrected chi connectivity index (χ4v) is 8.14. The van der Waals surface area contributed by atoms with Gasteiger partial charge in [-0.25, -0.2) is 0 Å². The third-order valence-corrected chi connectivity index (χ3v) is 10.4. The smallest absolute Gasteiger partial charge is 0.274 e. The minimum atomic E-state index is -1.08. The van der Waals surface area contributed by atoms with Crippen molar-refractivity contribution in [1.29, 1.82) is 0 Å². The van der Waals surface area contributed by atoms with E-state index in [0.29, 0.717) is 0 Å². The first-order valence-corrected chi connectivity index (χ1v) is 21.3. The van der Waals surface area contributed by atoms with Gasteiger partial charge in [0.05, 0.1) is 5.41 Å². The standard InChI is InChI=1S/C37H42Br2O2Si2/c1-35(2,3)23-11-17-29(33(19-23)40-42(7)8)37(30-18-12-24(36(4,5)6)20-34(30)41-43(9)10)31-21-25(38)13-15-27(31)28-16-14-26(39)22-32(28)37/h11-22H,1-10H3. The van der Waals surface area contributed by atoms with Crippen LogP contribution in [-0.2, 0) is 16.2 Å². The first-order valence-electron chi connectivity index (χ1n) is 14.9. The highest BCUT2D eigenvalue weighted by molar-refractivity contribution is 9.10. The maximum atomic E-state index is 6.87. The zero-order chi connectivity index (χ0) is 31.5. The molecule has 0 unspecified atom stereocenters. The number of benzene rings is 4. The molecule has 2 nitrogen and oxygen atoms in total. The second kappa shape index (κ2) is 11.7. The monoisotopic (exact) mass is 732 g/mol. The third kappa shape index (κ3) is 5.97. The van der Waals surface area contributed by atoms with Gasteiger partial charge in [0.2, 0.25) is 0 Å². The lowest BCUT2D eigenvalue weighted by Gasteiger charge is -2.38. The van der Waals surface area contributed by atoms with Crippen LogP contribution in [-0.4, -0.2) is 18.1 Å². The molecule has 0 heterocycles. The maximum Gasteiger partial charge on any atom is 0.274 e. The summed E-state index contributed by atoms with van der Waals surface area (Å²) in [6.07, 6.45) is 0. The van der Waals surface area contributed by atoms with Crippen LogP contribution in [0.4, 0.5) is 0 Å². The topological polar surface area (TPSA) is 18.5 Å². The van der Waals surface area contributed by atoms with E-state index >= 15 is 0 Å². The molecule has 0 saturated heterocycles. The van der Waals surface area contributed by atoms with Crippen LogP contribution >= 0.6 is 31.9 Å². The van der Waals surface area contributed by atoms with E-state index in [1.54, 1.807) is 0 Å². The van der Waals surface area contributed by atoms with Crippen LogP contribution in [0.25, 0.3) is 11.1 Å². The zero-order valence-corrected chi connectivity index (χ0v) is 32.2. The summed E-state index contributed by atoms with van der Waals surface area (Å²) in [6.45, 7) is 22.5. The molecule has 5 rings (SSSR count). The largest absolute Gasteiger partial charge is 0.542 e. The van der Waals surface area contributed by atoms with Crippen LogP contribution in [0.15, 0.2) is 81.7 Å². The van der Waals surface area contributed by atoms with Crippen LogP contribution in [0.2, 0.25) is 26.2 Å². The summed E-state index contributed by atoms with van der Waals surface area (Å²) in [5, 5.41) is 0. The second-order valence-corrected chi connectivity index (χ2v) is 19.9. The van der Waals surface area contributed by atoms with Gasteiger partial charge in [-0.3, -0.25) is 0 Å². The number of hydrogen-bond acceptors (Lipinski definition) is 2. The van der Waals surface area contributed by atoms with Crippen molar-refractivity contribution in [1.82, 2.24) is 0 Å². The van der Waals surface area contributed by atoms with Gasteiger partial charge >= 0.3 is 0 Å². The van der Waals surface area contributed by atoms with Gasteiger partial charge in [-0.2, -0.15) is 0 Å². The molecular weight excluding hydrogens is 692 g/mol. The van der Waals surface area contributed by atoms with Crippen molar-refractivity contribution in [3.63, 3.8) is 0 Å². The Labute approximate surface area is 279 Å². The van der Waals surface area contributed by atoms with Crippen LogP contribution < -0.4 is 8.85 Å². The summed E-state index contributed by atoms with van der Waals surface area (Å²) in [4.78, 5) is 0. The van der Waals surface area contributed by atoms with Crippen LogP contribution in [0.1, 0.15) is 74.9 Å². The molecule has 6 heteroatoms. The molecular formula is C37H42Br2O2Si2. The van der Waals surface area contributed by atoms with Gasteiger partial charge in [0, 0.05) is 20.1 Å². The zero-order valence-electron chi connectivity index (χ0n) is 27.0. The SMILES string of the molecule is C[Si](C)Oc1cc(C(C)(C)C)ccc1C1(c2ccc(C(C)(C)C)cc2O[Si](C)C)c2cc(Br)ccc2-c2ccc(Br)cc21. The van der Waals surface area contributed by atoms with Crippen LogP contribution in [0.3, 0.4) is 0 Å². The number of rotatable bonds is 6. The minimum absolute atomic E-state index is 0.0138. The van der Waals surface area contributed by atoms with Crippen molar-refractivity contribution in [2.24, 2.45) is 0 Å². The lowest BCUT2D eigenvalue weighted by atomic mass is 9.66. The molecule has 4 aromatic carbocycles. The molecule has 0 aliphatic heterocycles. The van der Waals surface area contributed by atoms with Gasteiger partial charge < -0.3 is 8.85 Å². The van der Waals surface area contributed by atoms with E-state index < -0.39 is 23.5 Å². The molecule has 0 bridgehead atoms. The van der Waals surface area contributed by atoms with Gasteiger partial charge in [0.25, 0.3) is 18.1 Å². The molecule has 43 heavy (non-hydrogen) atoms. The molecule has 1 aliphatic rings. The Kier molecular flexibility index (Phi) is 8.75. The highest BCUT2D eigenvalue weighted by Gasteiger charge is 2.50. The van der Waals surface area contributed by atoms with Crippen molar-refractivity contribution in [3.05, 3.63) is 115 Å². The predicted octanol–water partition coefficient (Wildman–Crippen LogP) is 11.4. The van der Waals surface area contributed by atoms with E-state index in [-0.39, 0.29) is 10.8 Å². The molecule has 0 amide bonds. The summed E-state index contributed by atoms with van der Waals surface area (Å²) in [7, 11) is -2.15. The Balaban J connectivity index is 2.01. The number of halogens is 2. The lowest BCUT2D eigenvalue weighted by molar-refractivity contribution is 0.528. The highest BCUT2D eigenvalue weighted by atomic mass is 79.9. The van der Waals surface area contributed by atoms with E-state index in [1.165, 1.54) is 33.4 Å². The maximum absolute atomic E-state index is 6.87. The van der Waals surface area contributed by atoms with E-state index in [9.17, 15) is 0 Å². The normalized spacial score (nSPS) is 14.2. The Bertz CT molecular complexity index is 1550. The molecule has 0 N–H and O–H groups in total. The Hall–Kier alpha value is -2.13. The van der Waals surface area contributed by atoms with Crippen molar-refractivity contribution < 1.29 is 8.85 Å². The Morgan fingerprint density at radius 1 is 0.512 bits per heavy atom. The van der Waals surface area contributed by atoms with Crippen LogP contribution in [0, 0.1) is 0 Å². The molecule has 0 aromatic heterocycles. The summed E-state index contributed by atoms with van der Waals surface area (Å²) in [6, 6.07) is 27.3. The summed E-state index contributed by atoms with van der Waals surface area (Å²) in [5.74, 6) is 1.91. The van der Waals surface area contributed by atoms with Crippen LogP contribution in [0.5, 0.6) is 11.5 Å². The fourth-order valence-electron chi connectivity index (χ4n) is 6.20. The predicted molar refractivity (Wildman–Crippen MR) is 193 cm³/mol. The summed E-state index contributed by atoms with van der Waals surface area (Å²) >= 11 is 7.70. The molecule has 2 radical (unpaired) electrons. The van der Waals surface area contributed by atoms with E-state index in [4.69, 9.17) is 8.85 Å². The Morgan fingerprint density at radius 2 is 0.884 bits per heavy atom. The van der Waals surface area contributed by atoms with Crippen molar-refractivity contribution >= 4 is 49.9 Å². The Morgan fingerprint density at radius 3 is 1.21 bits per heavy atom. The number of fused-ring (bicyclic) bond motifs is 3. The van der Waals surface area contributed by atoms with Gasteiger partial charge in [-0.1, -0.05) is 110 Å². The molecule has 4 aromatic rings. The van der Waals surface area contributed by atoms with Gasteiger partial charge in [0.1, 0.15) is 11.5 Å². The van der Waals surface area contributed by atoms with Crippen molar-refractivity contribution in [2.45, 2.75) is 84.0 Å². The minimum Gasteiger partial charge on any atom is -0.542 e. The average Bonchev–Trinajstić information content (AvgIpc) is 3.16. The molecule has 0 saturated carbocycles. The second-order valence-electron chi connectivity index (χ2n) is 14.1. The lowest BCUT2D eigenvalue weighted by Crippen LogP contribution is -2.32.